The van der Waals surface area contributed by atoms with Crippen LogP contribution in [0.1, 0.15) is 5.56 Å². The molecule has 0 aliphatic rings. The summed E-state index contributed by atoms with van der Waals surface area (Å²) in [5.74, 6) is -5.00. The molecule has 11 nitrogen and oxygen atoms in total. The van der Waals surface area contributed by atoms with Crippen molar-refractivity contribution < 1.29 is 39.6 Å². The summed E-state index contributed by atoms with van der Waals surface area (Å²) in [6.45, 7) is -2.00. The molecule has 1 aromatic carbocycles. The zero-order chi connectivity index (χ0) is 21.3. The number of anilines is 1. The van der Waals surface area contributed by atoms with Gasteiger partial charge < -0.3 is 26.2 Å². The summed E-state index contributed by atoms with van der Waals surface area (Å²) in [6.07, 6.45) is 0.000748. The second-order valence-corrected chi connectivity index (χ2v) is 6.16. The van der Waals surface area contributed by atoms with E-state index in [9.17, 15) is 24.3 Å². The van der Waals surface area contributed by atoms with Gasteiger partial charge in [-0.3, -0.25) is 29.0 Å². The van der Waals surface area contributed by atoms with E-state index in [1.165, 1.54) is 0 Å². The fourth-order valence-electron chi connectivity index (χ4n) is 2.63. The minimum atomic E-state index is -1.26. The van der Waals surface area contributed by atoms with Crippen LogP contribution in [-0.4, -0.2) is 92.9 Å². The SMILES string of the molecule is Nc1ccc(C[C@@H](C(=O)O)N(CCN(CC(=O)O)CC(=O)O)CC(=O)O)cc1. The van der Waals surface area contributed by atoms with E-state index in [1.54, 1.807) is 24.3 Å². The van der Waals surface area contributed by atoms with Crippen molar-refractivity contribution in [3.8, 4) is 0 Å². The highest BCUT2D eigenvalue weighted by atomic mass is 16.4. The minimum absolute atomic E-state index is 0.000748. The quantitative estimate of drug-likeness (QED) is 0.261. The van der Waals surface area contributed by atoms with E-state index in [-0.39, 0.29) is 19.5 Å². The van der Waals surface area contributed by atoms with E-state index in [2.05, 4.69) is 0 Å². The van der Waals surface area contributed by atoms with Crippen molar-refractivity contribution in [3.63, 3.8) is 0 Å². The Hall–Kier alpha value is -3.18. The molecule has 28 heavy (non-hydrogen) atoms. The predicted octanol–water partition coefficient (Wildman–Crippen LogP) is -0.878. The second kappa shape index (κ2) is 10.8. The Balaban J connectivity index is 2.95. The summed E-state index contributed by atoms with van der Waals surface area (Å²) in [7, 11) is 0. The molecular formula is C17H23N3O8. The maximum Gasteiger partial charge on any atom is 0.321 e. The summed E-state index contributed by atoms with van der Waals surface area (Å²) in [6, 6.07) is 5.25. The highest BCUT2D eigenvalue weighted by molar-refractivity contribution is 5.76. The van der Waals surface area contributed by atoms with Crippen LogP contribution in [0.3, 0.4) is 0 Å². The van der Waals surface area contributed by atoms with E-state index in [1.807, 2.05) is 0 Å². The monoisotopic (exact) mass is 397 g/mol. The van der Waals surface area contributed by atoms with Gasteiger partial charge in [-0.05, 0) is 24.1 Å². The molecule has 0 saturated heterocycles. The Morgan fingerprint density at radius 2 is 1.32 bits per heavy atom. The van der Waals surface area contributed by atoms with Crippen LogP contribution >= 0.6 is 0 Å². The fourth-order valence-corrected chi connectivity index (χ4v) is 2.63. The zero-order valence-corrected chi connectivity index (χ0v) is 15.0. The van der Waals surface area contributed by atoms with Crippen LogP contribution in [0.5, 0.6) is 0 Å². The molecule has 0 aliphatic heterocycles. The molecule has 0 aliphatic carbocycles. The molecular weight excluding hydrogens is 374 g/mol. The lowest BCUT2D eigenvalue weighted by molar-refractivity contribution is -0.148. The Morgan fingerprint density at radius 1 is 0.821 bits per heavy atom. The fraction of sp³-hybridized carbons (Fsp3) is 0.412. The molecule has 0 saturated carbocycles. The summed E-state index contributed by atoms with van der Waals surface area (Å²) in [5, 5.41) is 36.4. The minimum Gasteiger partial charge on any atom is -0.480 e. The lowest BCUT2D eigenvalue weighted by atomic mass is 10.0. The molecule has 0 bridgehead atoms. The Labute approximate surface area is 160 Å². The highest BCUT2D eigenvalue weighted by Gasteiger charge is 2.28. The average Bonchev–Trinajstić information content (AvgIpc) is 2.56. The molecule has 6 N–H and O–H groups in total. The van der Waals surface area contributed by atoms with Gasteiger partial charge in [-0.15, -0.1) is 0 Å². The molecule has 0 fully saturated rings. The first-order chi connectivity index (χ1) is 13.1. The number of carboxylic acids is 4. The van der Waals surface area contributed by atoms with Gasteiger partial charge in [-0.1, -0.05) is 12.1 Å². The number of carbonyl (C=O) groups is 4. The number of nitrogens with zero attached hydrogens (tertiary/aromatic N) is 2. The third-order valence-corrected chi connectivity index (χ3v) is 3.89. The predicted molar refractivity (Wildman–Crippen MR) is 96.9 cm³/mol. The van der Waals surface area contributed by atoms with Gasteiger partial charge in [0.1, 0.15) is 6.04 Å². The van der Waals surface area contributed by atoms with Crippen LogP contribution in [0, 0.1) is 0 Å². The van der Waals surface area contributed by atoms with Crippen LogP contribution in [0.15, 0.2) is 24.3 Å². The Kier molecular flexibility index (Phi) is 8.85. The van der Waals surface area contributed by atoms with Crippen LogP contribution in [-0.2, 0) is 25.6 Å². The van der Waals surface area contributed by atoms with Gasteiger partial charge in [0.05, 0.1) is 19.6 Å². The largest absolute Gasteiger partial charge is 0.480 e. The van der Waals surface area contributed by atoms with Gasteiger partial charge in [0.15, 0.2) is 0 Å². The number of hydrogen-bond donors (Lipinski definition) is 5. The van der Waals surface area contributed by atoms with Crippen molar-refractivity contribution in [1.82, 2.24) is 9.80 Å². The van der Waals surface area contributed by atoms with E-state index in [0.29, 0.717) is 11.3 Å². The highest BCUT2D eigenvalue weighted by Crippen LogP contribution is 2.12. The number of benzene rings is 1. The van der Waals surface area contributed by atoms with Crippen molar-refractivity contribution >= 4 is 29.6 Å². The van der Waals surface area contributed by atoms with Crippen molar-refractivity contribution in [3.05, 3.63) is 29.8 Å². The molecule has 0 radical (unpaired) electrons. The Morgan fingerprint density at radius 3 is 1.75 bits per heavy atom. The topological polar surface area (TPSA) is 182 Å². The van der Waals surface area contributed by atoms with Crippen molar-refractivity contribution in [2.45, 2.75) is 12.5 Å². The van der Waals surface area contributed by atoms with Gasteiger partial charge in [0.2, 0.25) is 0 Å². The molecule has 0 amide bonds. The molecule has 1 rings (SSSR count). The molecule has 1 aromatic rings. The summed E-state index contributed by atoms with van der Waals surface area (Å²) in [4.78, 5) is 46.9. The van der Waals surface area contributed by atoms with Gasteiger partial charge >= 0.3 is 23.9 Å². The van der Waals surface area contributed by atoms with Crippen molar-refractivity contribution in [2.24, 2.45) is 0 Å². The molecule has 1 atom stereocenters. The van der Waals surface area contributed by atoms with Crippen molar-refractivity contribution in [1.29, 1.82) is 0 Å². The number of aliphatic carboxylic acids is 4. The number of rotatable bonds is 13. The maximum atomic E-state index is 11.7. The zero-order valence-electron chi connectivity index (χ0n) is 15.0. The van der Waals surface area contributed by atoms with Gasteiger partial charge in [-0.25, -0.2) is 0 Å². The normalized spacial score (nSPS) is 12.1. The molecule has 0 unspecified atom stereocenters. The van der Waals surface area contributed by atoms with Crippen molar-refractivity contribution in [2.75, 3.05) is 38.5 Å². The van der Waals surface area contributed by atoms with Crippen LogP contribution in [0.4, 0.5) is 5.69 Å². The molecule has 11 heteroatoms. The van der Waals surface area contributed by atoms with E-state index >= 15 is 0 Å². The van der Waals surface area contributed by atoms with E-state index in [4.69, 9.17) is 21.1 Å². The average molecular weight is 397 g/mol. The standard InChI is InChI=1S/C17H23N3O8/c18-12-3-1-11(2-4-12)7-13(17(27)28)20(10-16(25)26)6-5-19(8-14(21)22)9-15(23)24/h1-4,13H,5-10,18H2,(H,21,22)(H,23,24)(H,25,26)(H,27,28)/t13-/m0/s1. The van der Waals surface area contributed by atoms with Crippen LogP contribution in [0.25, 0.3) is 0 Å². The number of nitrogen functional groups attached to an aromatic ring is 1. The number of nitrogens with two attached hydrogens (primary N) is 1. The summed E-state index contributed by atoms with van der Waals surface area (Å²) >= 11 is 0. The van der Waals surface area contributed by atoms with Gasteiger partial charge in [0.25, 0.3) is 0 Å². The third kappa shape index (κ3) is 8.47. The maximum absolute atomic E-state index is 11.7. The van der Waals surface area contributed by atoms with E-state index < -0.39 is 49.6 Å². The molecule has 154 valence electrons. The molecule has 0 heterocycles. The second-order valence-electron chi connectivity index (χ2n) is 6.16. The number of hydrogen-bond acceptors (Lipinski definition) is 7. The summed E-state index contributed by atoms with van der Waals surface area (Å²) in [5.41, 5.74) is 6.72. The van der Waals surface area contributed by atoms with Crippen LogP contribution in [0.2, 0.25) is 0 Å². The smallest absolute Gasteiger partial charge is 0.321 e. The first kappa shape index (κ1) is 22.9. The first-order valence-corrected chi connectivity index (χ1v) is 8.27. The molecule has 0 spiro atoms. The first-order valence-electron chi connectivity index (χ1n) is 8.27. The van der Waals surface area contributed by atoms with E-state index in [0.717, 1.165) is 9.80 Å². The van der Waals surface area contributed by atoms with Gasteiger partial charge in [-0.2, -0.15) is 0 Å². The lowest BCUT2D eigenvalue weighted by Crippen LogP contribution is -2.49. The van der Waals surface area contributed by atoms with Crippen LogP contribution < -0.4 is 5.73 Å². The third-order valence-electron chi connectivity index (χ3n) is 3.89. The lowest BCUT2D eigenvalue weighted by Gasteiger charge is -2.29. The van der Waals surface area contributed by atoms with Gasteiger partial charge in [0, 0.05) is 18.8 Å². The number of carboxylic acid groups (broad SMARTS) is 4. The molecule has 0 aromatic heterocycles. The summed E-state index contributed by atoms with van der Waals surface area (Å²) < 4.78 is 0. The Bertz CT molecular complexity index is 691.